The minimum Gasteiger partial charge on any atom is -0.488 e. The van der Waals surface area contributed by atoms with E-state index in [-0.39, 0.29) is 12.4 Å². The number of hydrogen-bond donors (Lipinski definition) is 2. The molecule has 106 valence electrons. The van der Waals surface area contributed by atoms with E-state index in [1.807, 2.05) is 0 Å². The standard InChI is InChI=1S/C15H22FNO2/c1-11(12-5-4-6-12)17-9-13(18)10-19-15-8-3-2-7-14(15)16/h2-3,7-8,11-13,17-18H,4-6,9-10H2,1H3. The fourth-order valence-corrected chi connectivity index (χ4v) is 2.24. The van der Waals surface area contributed by atoms with Crippen molar-refractivity contribution in [3.63, 3.8) is 0 Å². The molecule has 0 aromatic heterocycles. The highest BCUT2D eigenvalue weighted by Gasteiger charge is 2.23. The summed E-state index contributed by atoms with van der Waals surface area (Å²) in [6, 6.07) is 6.66. The van der Waals surface area contributed by atoms with Gasteiger partial charge in [0.05, 0.1) is 0 Å². The Morgan fingerprint density at radius 3 is 2.79 bits per heavy atom. The molecule has 0 bridgehead atoms. The SMILES string of the molecule is CC(NCC(O)COc1ccccc1F)C1CCC1. The molecule has 0 amide bonds. The molecule has 1 aliphatic carbocycles. The first-order chi connectivity index (χ1) is 9.16. The van der Waals surface area contributed by atoms with Crippen molar-refractivity contribution in [1.82, 2.24) is 5.32 Å². The van der Waals surface area contributed by atoms with Crippen LogP contribution in [0.2, 0.25) is 0 Å². The predicted molar refractivity (Wildman–Crippen MR) is 72.7 cm³/mol. The van der Waals surface area contributed by atoms with Crippen molar-refractivity contribution in [2.45, 2.75) is 38.3 Å². The Morgan fingerprint density at radius 1 is 1.42 bits per heavy atom. The van der Waals surface area contributed by atoms with E-state index in [9.17, 15) is 9.50 Å². The molecule has 1 aromatic carbocycles. The zero-order valence-corrected chi connectivity index (χ0v) is 11.3. The van der Waals surface area contributed by atoms with Crippen LogP contribution in [0.1, 0.15) is 26.2 Å². The smallest absolute Gasteiger partial charge is 0.165 e. The normalized spacial score (nSPS) is 18.7. The van der Waals surface area contributed by atoms with Crippen LogP contribution in [0.5, 0.6) is 5.75 Å². The van der Waals surface area contributed by atoms with E-state index in [4.69, 9.17) is 4.74 Å². The highest BCUT2D eigenvalue weighted by Crippen LogP contribution is 2.29. The summed E-state index contributed by atoms with van der Waals surface area (Å²) in [6.07, 6.45) is 3.24. The van der Waals surface area contributed by atoms with Crippen LogP contribution in [-0.4, -0.2) is 30.4 Å². The average molecular weight is 267 g/mol. The number of para-hydroxylation sites is 1. The third kappa shape index (κ3) is 4.18. The molecule has 2 rings (SSSR count). The summed E-state index contributed by atoms with van der Waals surface area (Å²) in [7, 11) is 0. The number of halogens is 1. The number of nitrogens with one attached hydrogen (secondary N) is 1. The largest absolute Gasteiger partial charge is 0.488 e. The van der Waals surface area contributed by atoms with Crippen molar-refractivity contribution in [3.05, 3.63) is 30.1 Å². The van der Waals surface area contributed by atoms with E-state index in [1.165, 1.54) is 25.3 Å². The average Bonchev–Trinajstić information content (AvgIpc) is 2.33. The zero-order chi connectivity index (χ0) is 13.7. The van der Waals surface area contributed by atoms with Crippen LogP contribution in [0.15, 0.2) is 24.3 Å². The van der Waals surface area contributed by atoms with Gasteiger partial charge < -0.3 is 15.2 Å². The minimum absolute atomic E-state index is 0.102. The Labute approximate surface area is 113 Å². The predicted octanol–water partition coefficient (Wildman–Crippen LogP) is 2.34. The number of hydrogen-bond acceptors (Lipinski definition) is 3. The molecule has 2 N–H and O–H groups in total. The van der Waals surface area contributed by atoms with Crippen LogP contribution in [0, 0.1) is 11.7 Å². The van der Waals surface area contributed by atoms with Gasteiger partial charge in [0, 0.05) is 12.6 Å². The van der Waals surface area contributed by atoms with Crippen molar-refractivity contribution in [1.29, 1.82) is 0 Å². The molecule has 0 radical (unpaired) electrons. The summed E-state index contributed by atoms with van der Waals surface area (Å²) in [6.45, 7) is 2.73. The van der Waals surface area contributed by atoms with Gasteiger partial charge in [-0.3, -0.25) is 0 Å². The second-order valence-corrected chi connectivity index (χ2v) is 5.28. The molecular formula is C15H22FNO2. The molecule has 1 saturated carbocycles. The summed E-state index contributed by atoms with van der Waals surface area (Å²) in [4.78, 5) is 0. The van der Waals surface area contributed by atoms with Gasteiger partial charge in [-0.2, -0.15) is 0 Å². The number of rotatable bonds is 7. The van der Waals surface area contributed by atoms with E-state index < -0.39 is 11.9 Å². The highest BCUT2D eigenvalue weighted by molar-refractivity contribution is 5.23. The maximum Gasteiger partial charge on any atom is 0.165 e. The maximum atomic E-state index is 13.3. The second-order valence-electron chi connectivity index (χ2n) is 5.28. The quantitative estimate of drug-likeness (QED) is 0.797. The molecule has 1 aromatic rings. The van der Waals surface area contributed by atoms with Crippen LogP contribution < -0.4 is 10.1 Å². The second kappa shape index (κ2) is 6.87. The van der Waals surface area contributed by atoms with Gasteiger partial charge >= 0.3 is 0 Å². The summed E-state index contributed by atoms with van der Waals surface area (Å²) in [5.41, 5.74) is 0. The lowest BCUT2D eigenvalue weighted by molar-refractivity contribution is 0.0962. The Balaban J connectivity index is 1.66. The van der Waals surface area contributed by atoms with Gasteiger partial charge in [-0.05, 0) is 37.8 Å². The maximum absolute atomic E-state index is 13.3. The molecule has 2 unspecified atom stereocenters. The number of aliphatic hydroxyl groups is 1. The number of benzene rings is 1. The van der Waals surface area contributed by atoms with Crippen molar-refractivity contribution in [2.24, 2.45) is 5.92 Å². The fraction of sp³-hybridized carbons (Fsp3) is 0.600. The summed E-state index contributed by atoms with van der Waals surface area (Å²) in [5, 5.41) is 13.1. The van der Waals surface area contributed by atoms with Gasteiger partial charge in [-0.1, -0.05) is 18.6 Å². The molecule has 4 heteroatoms. The van der Waals surface area contributed by atoms with Gasteiger partial charge in [-0.15, -0.1) is 0 Å². The van der Waals surface area contributed by atoms with Crippen molar-refractivity contribution in [2.75, 3.05) is 13.2 Å². The molecule has 3 nitrogen and oxygen atoms in total. The fourth-order valence-electron chi connectivity index (χ4n) is 2.24. The topological polar surface area (TPSA) is 41.5 Å². The first kappa shape index (κ1) is 14.3. The van der Waals surface area contributed by atoms with Crippen molar-refractivity contribution < 1.29 is 14.2 Å². The van der Waals surface area contributed by atoms with Gasteiger partial charge in [0.1, 0.15) is 12.7 Å². The van der Waals surface area contributed by atoms with Crippen LogP contribution in [0.4, 0.5) is 4.39 Å². The summed E-state index contributed by atoms with van der Waals surface area (Å²) >= 11 is 0. The summed E-state index contributed by atoms with van der Waals surface area (Å²) < 4.78 is 18.6. The molecule has 19 heavy (non-hydrogen) atoms. The van der Waals surface area contributed by atoms with E-state index in [0.29, 0.717) is 12.6 Å². The zero-order valence-electron chi connectivity index (χ0n) is 11.3. The van der Waals surface area contributed by atoms with E-state index in [1.54, 1.807) is 18.2 Å². The van der Waals surface area contributed by atoms with Crippen LogP contribution in [-0.2, 0) is 0 Å². The van der Waals surface area contributed by atoms with Gasteiger partial charge in [0.25, 0.3) is 0 Å². The van der Waals surface area contributed by atoms with Gasteiger partial charge in [-0.25, -0.2) is 4.39 Å². The molecule has 0 aliphatic heterocycles. The van der Waals surface area contributed by atoms with E-state index in [0.717, 1.165) is 5.92 Å². The first-order valence-corrected chi connectivity index (χ1v) is 6.95. The first-order valence-electron chi connectivity index (χ1n) is 6.95. The monoisotopic (exact) mass is 267 g/mol. The Hall–Kier alpha value is -1.13. The van der Waals surface area contributed by atoms with Gasteiger partial charge in [0.2, 0.25) is 0 Å². The van der Waals surface area contributed by atoms with Crippen molar-refractivity contribution >= 4 is 0 Å². The minimum atomic E-state index is -0.623. The lowest BCUT2D eigenvalue weighted by atomic mass is 9.80. The molecule has 0 spiro atoms. The van der Waals surface area contributed by atoms with E-state index >= 15 is 0 Å². The molecular weight excluding hydrogens is 245 g/mol. The lowest BCUT2D eigenvalue weighted by Crippen LogP contribution is -2.42. The molecule has 1 aliphatic rings. The van der Waals surface area contributed by atoms with E-state index in [2.05, 4.69) is 12.2 Å². The molecule has 0 heterocycles. The number of ether oxygens (including phenoxy) is 1. The van der Waals surface area contributed by atoms with Crippen LogP contribution in [0.3, 0.4) is 0 Å². The Bertz CT molecular complexity index is 395. The molecule has 0 saturated heterocycles. The molecule has 1 fully saturated rings. The third-order valence-corrected chi connectivity index (χ3v) is 3.80. The number of aliphatic hydroxyl groups excluding tert-OH is 1. The lowest BCUT2D eigenvalue weighted by Gasteiger charge is -2.32. The Kier molecular flexibility index (Phi) is 5.16. The highest BCUT2D eigenvalue weighted by atomic mass is 19.1. The third-order valence-electron chi connectivity index (χ3n) is 3.80. The van der Waals surface area contributed by atoms with Crippen LogP contribution in [0.25, 0.3) is 0 Å². The van der Waals surface area contributed by atoms with Crippen molar-refractivity contribution in [3.8, 4) is 5.75 Å². The summed E-state index contributed by atoms with van der Waals surface area (Å²) in [5.74, 6) is 0.527. The van der Waals surface area contributed by atoms with Gasteiger partial charge in [0.15, 0.2) is 11.6 Å². The van der Waals surface area contributed by atoms with Crippen LogP contribution >= 0.6 is 0 Å². The Morgan fingerprint density at radius 2 is 2.16 bits per heavy atom. The molecule has 2 atom stereocenters.